The molecule has 0 bridgehead atoms. The van der Waals surface area contributed by atoms with Gasteiger partial charge in [0.25, 0.3) is 0 Å². The summed E-state index contributed by atoms with van der Waals surface area (Å²) in [5.41, 5.74) is 13.3. The summed E-state index contributed by atoms with van der Waals surface area (Å²) in [6.45, 7) is 4.25. The van der Waals surface area contributed by atoms with E-state index in [0.717, 1.165) is 49.0 Å². The van der Waals surface area contributed by atoms with E-state index < -0.39 is 0 Å². The molecule has 140 valence electrons. The van der Waals surface area contributed by atoms with Crippen LogP contribution in [-0.4, -0.2) is 25.5 Å². The third-order valence-electron chi connectivity index (χ3n) is 6.12. The lowest BCUT2D eigenvalue weighted by molar-refractivity contribution is 0.302. The number of nitrogens with two attached hydrogens (primary N) is 1. The number of nitrogens with one attached hydrogen (secondary N) is 1. The fourth-order valence-corrected chi connectivity index (χ4v) is 5.08. The predicted molar refractivity (Wildman–Crippen MR) is 113 cm³/mol. The molecule has 2 aliphatic rings. The lowest BCUT2D eigenvalue weighted by atomic mass is 9.81. The maximum absolute atomic E-state index is 6.37. The van der Waals surface area contributed by atoms with Crippen LogP contribution in [0.15, 0.2) is 24.4 Å². The first kappa shape index (κ1) is 17.1. The van der Waals surface area contributed by atoms with Crippen LogP contribution in [0.5, 0.6) is 0 Å². The Hall–Kier alpha value is -2.05. The Balaban J connectivity index is 1.56. The number of nitrogens with zero attached hydrogens (tertiary/aromatic N) is 3. The Bertz CT molecular complexity index is 1050. The molecule has 5 rings (SSSR count). The minimum atomic E-state index is -0.102. The molecule has 0 unspecified atom stereocenters. The van der Waals surface area contributed by atoms with Crippen molar-refractivity contribution >= 4 is 29.7 Å². The summed E-state index contributed by atoms with van der Waals surface area (Å²) in [4.78, 5) is 9.56. The van der Waals surface area contributed by atoms with Gasteiger partial charge in [-0.2, -0.15) is 0 Å². The molecule has 2 aromatic heterocycles. The van der Waals surface area contributed by atoms with Gasteiger partial charge in [0.15, 0.2) is 0 Å². The third-order valence-corrected chi connectivity index (χ3v) is 6.63. The molecule has 27 heavy (non-hydrogen) atoms. The number of hydrogen-bond acceptors (Lipinski definition) is 5. The Morgan fingerprint density at radius 3 is 3.00 bits per heavy atom. The first-order chi connectivity index (χ1) is 12.9. The van der Waals surface area contributed by atoms with Gasteiger partial charge in [0, 0.05) is 46.4 Å². The molecule has 6 heteroatoms. The van der Waals surface area contributed by atoms with Gasteiger partial charge in [-0.3, -0.25) is 3.97 Å². The lowest BCUT2D eigenvalue weighted by Gasteiger charge is -2.35. The van der Waals surface area contributed by atoms with Crippen LogP contribution >= 0.6 is 12.8 Å². The van der Waals surface area contributed by atoms with Crippen LogP contribution in [0.3, 0.4) is 0 Å². The van der Waals surface area contributed by atoms with Crippen molar-refractivity contribution in [2.75, 3.05) is 5.32 Å². The average Bonchev–Trinajstić information content (AvgIpc) is 2.88. The zero-order valence-electron chi connectivity index (χ0n) is 15.8. The van der Waals surface area contributed by atoms with Crippen molar-refractivity contribution in [3.05, 3.63) is 41.2 Å². The number of fused-ring (bicyclic) bond motifs is 2. The maximum Gasteiger partial charge on any atom is 0.223 e. The quantitative estimate of drug-likeness (QED) is 0.459. The Labute approximate surface area is 164 Å². The summed E-state index contributed by atoms with van der Waals surface area (Å²) in [6.07, 6.45) is 7.14. The third kappa shape index (κ3) is 2.74. The molecule has 3 aromatic rings. The van der Waals surface area contributed by atoms with Crippen LogP contribution in [0.1, 0.15) is 49.4 Å². The topological polar surface area (TPSA) is 68.8 Å². The standard InChI is InChI=1S/C21H25N5S/c1-12-17-18-13(5-3-7-16(18)26(12)27)9-14-11-23-20(25-19(14)17)24-15-6-4-8-21(2,22)10-15/h3,5,7,11,15,27H,4,6,8-10,22H2,1-2H3,(H,23,24,25)/t15-,21+/m1/s1. The molecular weight excluding hydrogens is 354 g/mol. The molecule has 1 saturated carbocycles. The summed E-state index contributed by atoms with van der Waals surface area (Å²) in [5, 5.41) is 4.81. The SMILES string of the molecule is Cc1c2c3c(cccc3n1S)Cc1cnc(N[C@@H]3CCC[C@](C)(N)C3)nc1-2. The van der Waals surface area contributed by atoms with E-state index in [2.05, 4.69) is 42.3 Å². The molecule has 0 saturated heterocycles. The summed E-state index contributed by atoms with van der Waals surface area (Å²) in [5.74, 6) is 0.704. The molecule has 2 aliphatic carbocycles. The van der Waals surface area contributed by atoms with E-state index in [-0.39, 0.29) is 5.54 Å². The zero-order chi connectivity index (χ0) is 18.8. The highest BCUT2D eigenvalue weighted by molar-refractivity contribution is 7.78. The second kappa shape index (κ2) is 5.97. The molecule has 0 radical (unpaired) electrons. The van der Waals surface area contributed by atoms with Gasteiger partial charge in [-0.15, -0.1) is 0 Å². The average molecular weight is 380 g/mol. The highest BCUT2D eigenvalue weighted by Crippen LogP contribution is 2.42. The number of hydrogen-bond donors (Lipinski definition) is 3. The smallest absolute Gasteiger partial charge is 0.223 e. The Kier molecular flexibility index (Phi) is 3.78. The van der Waals surface area contributed by atoms with E-state index in [1.807, 2.05) is 10.2 Å². The zero-order valence-corrected chi connectivity index (χ0v) is 16.7. The molecule has 2 atom stereocenters. The molecule has 0 spiro atoms. The monoisotopic (exact) mass is 379 g/mol. The maximum atomic E-state index is 6.37. The minimum absolute atomic E-state index is 0.102. The van der Waals surface area contributed by atoms with E-state index in [1.54, 1.807) is 0 Å². The van der Waals surface area contributed by atoms with Crippen LogP contribution in [0.4, 0.5) is 5.95 Å². The number of rotatable bonds is 2. The summed E-state index contributed by atoms with van der Waals surface area (Å²) < 4.78 is 1.97. The molecule has 1 aromatic carbocycles. The number of benzene rings is 1. The molecule has 5 nitrogen and oxygen atoms in total. The van der Waals surface area contributed by atoms with E-state index in [9.17, 15) is 0 Å². The van der Waals surface area contributed by atoms with Gasteiger partial charge in [0.1, 0.15) is 0 Å². The van der Waals surface area contributed by atoms with Gasteiger partial charge in [0.05, 0.1) is 11.2 Å². The largest absolute Gasteiger partial charge is 0.351 e. The second-order valence-corrected chi connectivity index (χ2v) is 8.82. The molecule has 2 heterocycles. The van der Waals surface area contributed by atoms with Crippen LogP contribution in [0.2, 0.25) is 0 Å². The number of anilines is 1. The highest BCUT2D eigenvalue weighted by Gasteiger charge is 2.30. The van der Waals surface area contributed by atoms with Crippen molar-refractivity contribution in [3.63, 3.8) is 0 Å². The normalized spacial score (nSPS) is 24.1. The van der Waals surface area contributed by atoms with Crippen molar-refractivity contribution in [2.45, 2.75) is 57.5 Å². The van der Waals surface area contributed by atoms with Crippen LogP contribution in [-0.2, 0) is 6.42 Å². The van der Waals surface area contributed by atoms with Gasteiger partial charge in [0.2, 0.25) is 5.95 Å². The Morgan fingerprint density at radius 2 is 2.19 bits per heavy atom. The number of thiol groups is 1. The number of aromatic nitrogens is 3. The van der Waals surface area contributed by atoms with Gasteiger partial charge < -0.3 is 11.1 Å². The van der Waals surface area contributed by atoms with Crippen molar-refractivity contribution in [3.8, 4) is 11.3 Å². The fraction of sp³-hybridized carbons (Fsp3) is 0.429. The van der Waals surface area contributed by atoms with E-state index in [4.69, 9.17) is 23.5 Å². The van der Waals surface area contributed by atoms with Crippen molar-refractivity contribution in [2.24, 2.45) is 5.73 Å². The van der Waals surface area contributed by atoms with E-state index >= 15 is 0 Å². The highest BCUT2D eigenvalue weighted by atomic mass is 32.1. The van der Waals surface area contributed by atoms with Crippen LogP contribution in [0.25, 0.3) is 22.2 Å². The van der Waals surface area contributed by atoms with Gasteiger partial charge in [-0.1, -0.05) is 24.9 Å². The van der Waals surface area contributed by atoms with Crippen LogP contribution < -0.4 is 11.1 Å². The lowest BCUT2D eigenvalue weighted by Crippen LogP contribution is -2.45. The first-order valence-electron chi connectivity index (χ1n) is 9.67. The molecule has 0 amide bonds. The second-order valence-electron chi connectivity index (χ2n) is 8.42. The minimum Gasteiger partial charge on any atom is -0.351 e. The van der Waals surface area contributed by atoms with Crippen molar-refractivity contribution < 1.29 is 0 Å². The van der Waals surface area contributed by atoms with E-state index in [1.165, 1.54) is 22.1 Å². The Morgan fingerprint density at radius 1 is 1.33 bits per heavy atom. The van der Waals surface area contributed by atoms with Crippen LogP contribution in [0, 0.1) is 6.92 Å². The van der Waals surface area contributed by atoms with Gasteiger partial charge in [-0.25, -0.2) is 9.97 Å². The molecular formula is C21H25N5S. The molecule has 0 aliphatic heterocycles. The van der Waals surface area contributed by atoms with Crippen molar-refractivity contribution in [1.82, 2.24) is 13.9 Å². The van der Waals surface area contributed by atoms with Gasteiger partial charge >= 0.3 is 0 Å². The summed E-state index contributed by atoms with van der Waals surface area (Å²) in [6, 6.07) is 6.75. The summed E-state index contributed by atoms with van der Waals surface area (Å²) in [7, 11) is 0. The fourth-order valence-electron chi connectivity index (χ4n) is 4.81. The molecule has 1 fully saturated rings. The molecule has 3 N–H and O–H groups in total. The van der Waals surface area contributed by atoms with Gasteiger partial charge in [-0.05, 0) is 51.2 Å². The predicted octanol–water partition coefficient (Wildman–Crippen LogP) is 4.08. The van der Waals surface area contributed by atoms with Crippen molar-refractivity contribution in [1.29, 1.82) is 0 Å². The first-order valence-corrected chi connectivity index (χ1v) is 10.1. The summed E-state index contributed by atoms with van der Waals surface area (Å²) >= 11 is 4.70. The van der Waals surface area contributed by atoms with E-state index in [0.29, 0.717) is 12.0 Å².